The van der Waals surface area contributed by atoms with Crippen LogP contribution in [0.3, 0.4) is 0 Å². The summed E-state index contributed by atoms with van der Waals surface area (Å²) >= 11 is 0. The van der Waals surface area contributed by atoms with Gasteiger partial charge in [-0.15, -0.1) is 0 Å². The molecule has 1 unspecified atom stereocenters. The minimum atomic E-state index is -0.446. The summed E-state index contributed by atoms with van der Waals surface area (Å²) < 4.78 is 11.3. The molecule has 1 rings (SSSR count). The molecule has 18 heavy (non-hydrogen) atoms. The first-order chi connectivity index (χ1) is 8.28. The molecule has 0 spiro atoms. The van der Waals surface area contributed by atoms with Gasteiger partial charge in [0.2, 0.25) is 6.29 Å². The van der Waals surface area contributed by atoms with Gasteiger partial charge in [-0.1, -0.05) is 13.8 Å². The number of rotatable bonds is 4. The van der Waals surface area contributed by atoms with Gasteiger partial charge in [0.15, 0.2) is 0 Å². The summed E-state index contributed by atoms with van der Waals surface area (Å²) in [5.41, 5.74) is -0.301. The van der Waals surface area contributed by atoms with Gasteiger partial charge < -0.3 is 14.4 Å². The Kier molecular flexibility index (Phi) is 5.45. The highest BCUT2D eigenvalue weighted by Gasteiger charge is 2.26. The molecule has 106 valence electrons. The fourth-order valence-corrected chi connectivity index (χ4v) is 1.99. The monoisotopic (exact) mass is 257 g/mol. The largest absolute Gasteiger partial charge is 0.419 e. The van der Waals surface area contributed by atoms with E-state index < -0.39 is 6.29 Å². The Hall–Kier alpha value is -0.770. The summed E-state index contributed by atoms with van der Waals surface area (Å²) in [6, 6.07) is 0. The summed E-state index contributed by atoms with van der Waals surface area (Å²) in [7, 11) is 0. The third-order valence-corrected chi connectivity index (χ3v) is 2.75. The minimum Gasteiger partial charge on any atom is -0.419 e. The van der Waals surface area contributed by atoms with E-state index in [1.807, 2.05) is 20.8 Å². The Morgan fingerprint density at radius 2 is 1.78 bits per heavy atom. The van der Waals surface area contributed by atoms with Crippen LogP contribution in [0, 0.1) is 5.92 Å². The molecule has 0 aromatic rings. The molecule has 1 amide bonds. The topological polar surface area (TPSA) is 38.8 Å². The smallest absolute Gasteiger partial charge is 0.412 e. The third kappa shape index (κ3) is 5.71. The van der Waals surface area contributed by atoms with Crippen LogP contribution in [0.15, 0.2) is 0 Å². The van der Waals surface area contributed by atoms with Gasteiger partial charge in [0.1, 0.15) is 0 Å². The molecule has 1 fully saturated rings. The fraction of sp³-hybridized carbons (Fsp3) is 0.929. The number of likely N-dealkylation sites (tertiary alicyclic amines) is 1. The molecule has 1 aliphatic heterocycles. The summed E-state index contributed by atoms with van der Waals surface area (Å²) in [5.74, 6) is 0.434. The first-order valence-corrected chi connectivity index (χ1v) is 6.91. The van der Waals surface area contributed by atoms with Gasteiger partial charge in [0, 0.05) is 19.5 Å². The molecule has 0 N–H and O–H groups in total. The van der Waals surface area contributed by atoms with Crippen molar-refractivity contribution in [2.75, 3.05) is 13.1 Å². The number of amides is 1. The lowest BCUT2D eigenvalue weighted by Crippen LogP contribution is -2.37. The molecular weight excluding hydrogens is 230 g/mol. The Labute approximate surface area is 111 Å². The van der Waals surface area contributed by atoms with E-state index in [9.17, 15) is 4.79 Å². The molecule has 1 heterocycles. The van der Waals surface area contributed by atoms with Crippen molar-refractivity contribution >= 4 is 6.09 Å². The van der Waals surface area contributed by atoms with Crippen LogP contribution in [0.5, 0.6) is 0 Å². The molecule has 1 saturated heterocycles. The first-order valence-electron chi connectivity index (χ1n) is 6.91. The summed E-state index contributed by atoms with van der Waals surface area (Å²) in [5, 5.41) is 0. The molecule has 4 heteroatoms. The van der Waals surface area contributed by atoms with Crippen LogP contribution in [0.1, 0.15) is 53.9 Å². The van der Waals surface area contributed by atoms with Gasteiger partial charge in [0.05, 0.1) is 5.60 Å². The highest BCUT2D eigenvalue weighted by molar-refractivity contribution is 5.68. The van der Waals surface area contributed by atoms with Crippen molar-refractivity contribution < 1.29 is 14.3 Å². The second-order valence-corrected chi connectivity index (χ2v) is 6.37. The van der Waals surface area contributed by atoms with Crippen LogP contribution in [0.4, 0.5) is 4.79 Å². The van der Waals surface area contributed by atoms with Gasteiger partial charge >= 0.3 is 6.09 Å². The van der Waals surface area contributed by atoms with Crippen LogP contribution in [-0.2, 0) is 9.47 Å². The normalized spacial score (nSPS) is 18.2. The third-order valence-electron chi connectivity index (χ3n) is 2.75. The Morgan fingerprint density at radius 1 is 1.22 bits per heavy atom. The molecule has 4 nitrogen and oxygen atoms in total. The number of carbonyl (C=O) groups excluding carboxylic acids is 1. The molecule has 0 aliphatic carbocycles. The molecule has 0 aromatic heterocycles. The number of nitrogens with zero attached hydrogens (tertiary/aromatic N) is 1. The van der Waals surface area contributed by atoms with Crippen molar-refractivity contribution in [2.45, 2.75) is 65.8 Å². The lowest BCUT2D eigenvalue weighted by Gasteiger charge is -2.29. The second-order valence-electron chi connectivity index (χ2n) is 6.37. The van der Waals surface area contributed by atoms with E-state index in [0.717, 1.165) is 32.4 Å². The van der Waals surface area contributed by atoms with Crippen molar-refractivity contribution in [3.05, 3.63) is 0 Å². The number of carbonyl (C=O) groups is 1. The SMILES string of the molecule is CC(C)CC(OC(=O)N1CCCC1)OC(C)(C)C. The lowest BCUT2D eigenvalue weighted by atomic mass is 10.1. The molecule has 0 aromatic carbocycles. The predicted octanol–water partition coefficient (Wildman–Crippen LogP) is 3.41. The van der Waals surface area contributed by atoms with Crippen molar-refractivity contribution in [3.8, 4) is 0 Å². The van der Waals surface area contributed by atoms with E-state index in [1.165, 1.54) is 0 Å². The Morgan fingerprint density at radius 3 is 2.22 bits per heavy atom. The molecule has 1 aliphatic rings. The summed E-state index contributed by atoms with van der Waals surface area (Å²) in [6.45, 7) is 11.7. The van der Waals surface area contributed by atoms with E-state index in [2.05, 4.69) is 13.8 Å². The van der Waals surface area contributed by atoms with Gasteiger partial charge in [-0.2, -0.15) is 0 Å². The number of hydrogen-bond donors (Lipinski definition) is 0. The maximum atomic E-state index is 11.9. The standard InChI is InChI=1S/C14H27NO3/c1-11(2)10-12(18-14(3,4)5)17-13(16)15-8-6-7-9-15/h11-12H,6-10H2,1-5H3. The number of hydrogen-bond acceptors (Lipinski definition) is 3. The van der Waals surface area contributed by atoms with E-state index in [-0.39, 0.29) is 11.7 Å². The van der Waals surface area contributed by atoms with E-state index >= 15 is 0 Å². The van der Waals surface area contributed by atoms with Gasteiger partial charge in [-0.05, 0) is 39.5 Å². The maximum absolute atomic E-state index is 11.9. The first kappa shape index (κ1) is 15.3. The lowest BCUT2D eigenvalue weighted by molar-refractivity contribution is -0.176. The van der Waals surface area contributed by atoms with Gasteiger partial charge in [0.25, 0.3) is 0 Å². The molecule has 1 atom stereocenters. The van der Waals surface area contributed by atoms with Crippen LogP contribution in [0.25, 0.3) is 0 Å². The molecular formula is C14H27NO3. The number of ether oxygens (including phenoxy) is 2. The van der Waals surface area contributed by atoms with Crippen LogP contribution in [0.2, 0.25) is 0 Å². The van der Waals surface area contributed by atoms with Crippen molar-refractivity contribution in [2.24, 2.45) is 5.92 Å². The van der Waals surface area contributed by atoms with Crippen molar-refractivity contribution in [1.29, 1.82) is 0 Å². The predicted molar refractivity (Wildman–Crippen MR) is 71.4 cm³/mol. The van der Waals surface area contributed by atoms with Crippen LogP contribution >= 0.6 is 0 Å². The highest BCUT2D eigenvalue weighted by atomic mass is 16.7. The average molecular weight is 257 g/mol. The highest BCUT2D eigenvalue weighted by Crippen LogP contribution is 2.19. The summed E-state index contributed by atoms with van der Waals surface area (Å²) in [4.78, 5) is 13.7. The average Bonchev–Trinajstić information content (AvgIpc) is 2.65. The zero-order valence-corrected chi connectivity index (χ0v) is 12.4. The minimum absolute atomic E-state index is 0.234. The van der Waals surface area contributed by atoms with Crippen molar-refractivity contribution in [3.63, 3.8) is 0 Å². The quantitative estimate of drug-likeness (QED) is 0.724. The second kappa shape index (κ2) is 6.41. The molecule has 0 bridgehead atoms. The van der Waals surface area contributed by atoms with Crippen molar-refractivity contribution in [1.82, 2.24) is 4.90 Å². The van der Waals surface area contributed by atoms with Crippen LogP contribution in [-0.4, -0.2) is 36.0 Å². The Bertz CT molecular complexity index is 265. The zero-order valence-electron chi connectivity index (χ0n) is 12.4. The maximum Gasteiger partial charge on any atom is 0.412 e. The zero-order chi connectivity index (χ0) is 13.8. The summed E-state index contributed by atoms with van der Waals surface area (Å²) in [6.07, 6.45) is 2.20. The van der Waals surface area contributed by atoms with Gasteiger partial charge in [-0.3, -0.25) is 0 Å². The van der Waals surface area contributed by atoms with E-state index in [4.69, 9.17) is 9.47 Å². The van der Waals surface area contributed by atoms with Gasteiger partial charge in [-0.25, -0.2) is 4.79 Å². The molecule has 0 radical (unpaired) electrons. The fourth-order valence-electron chi connectivity index (χ4n) is 1.99. The molecule has 0 saturated carbocycles. The van der Waals surface area contributed by atoms with E-state index in [0.29, 0.717) is 5.92 Å². The van der Waals surface area contributed by atoms with Crippen LogP contribution < -0.4 is 0 Å². The Balaban J connectivity index is 2.51. The van der Waals surface area contributed by atoms with E-state index in [1.54, 1.807) is 4.90 Å².